The molecule has 106 valence electrons. The summed E-state index contributed by atoms with van der Waals surface area (Å²) in [7, 11) is 0. The second-order valence-electron chi connectivity index (χ2n) is 4.65. The maximum atomic E-state index is 12.7. The van der Waals surface area contributed by atoms with Gasteiger partial charge < -0.3 is 5.32 Å². The first-order valence-corrected chi connectivity index (χ1v) is 6.20. The van der Waals surface area contributed by atoms with Crippen LogP contribution in [-0.2, 0) is 12.7 Å². The Hall–Kier alpha value is -2.04. The SMILES string of the molecule is Cc1cccc(CNc2cc(C(F)(F)F)ccc2C)n1. The van der Waals surface area contributed by atoms with Gasteiger partial charge in [-0.25, -0.2) is 0 Å². The molecule has 0 amide bonds. The van der Waals surface area contributed by atoms with Gasteiger partial charge in [0.05, 0.1) is 17.8 Å². The van der Waals surface area contributed by atoms with Gasteiger partial charge in [0.2, 0.25) is 0 Å². The zero-order valence-corrected chi connectivity index (χ0v) is 11.3. The molecule has 2 rings (SSSR count). The Morgan fingerprint density at radius 2 is 1.85 bits per heavy atom. The quantitative estimate of drug-likeness (QED) is 0.905. The largest absolute Gasteiger partial charge is 0.416 e. The minimum atomic E-state index is -4.33. The molecule has 20 heavy (non-hydrogen) atoms. The van der Waals surface area contributed by atoms with Crippen LogP contribution in [0.1, 0.15) is 22.5 Å². The second-order valence-corrected chi connectivity index (χ2v) is 4.65. The fourth-order valence-corrected chi connectivity index (χ4v) is 1.87. The molecule has 1 N–H and O–H groups in total. The van der Waals surface area contributed by atoms with Crippen molar-refractivity contribution in [1.82, 2.24) is 4.98 Å². The van der Waals surface area contributed by atoms with Crippen molar-refractivity contribution in [3.05, 3.63) is 58.9 Å². The third-order valence-corrected chi connectivity index (χ3v) is 2.97. The topological polar surface area (TPSA) is 24.9 Å². The van der Waals surface area contributed by atoms with E-state index in [-0.39, 0.29) is 0 Å². The van der Waals surface area contributed by atoms with E-state index in [9.17, 15) is 13.2 Å². The number of hydrogen-bond donors (Lipinski definition) is 1. The van der Waals surface area contributed by atoms with Crippen molar-refractivity contribution in [2.75, 3.05) is 5.32 Å². The number of alkyl halides is 3. The fraction of sp³-hybridized carbons (Fsp3) is 0.267. The number of rotatable bonds is 3. The van der Waals surface area contributed by atoms with Crippen LogP contribution in [0.15, 0.2) is 36.4 Å². The summed E-state index contributed by atoms with van der Waals surface area (Å²) in [4.78, 5) is 4.30. The van der Waals surface area contributed by atoms with Gasteiger partial charge in [-0.05, 0) is 43.7 Å². The Balaban J connectivity index is 2.17. The van der Waals surface area contributed by atoms with Gasteiger partial charge in [-0.15, -0.1) is 0 Å². The highest BCUT2D eigenvalue weighted by Crippen LogP contribution is 2.32. The van der Waals surface area contributed by atoms with Crippen LogP contribution in [0.2, 0.25) is 0 Å². The zero-order valence-electron chi connectivity index (χ0n) is 11.3. The Morgan fingerprint density at radius 1 is 1.10 bits per heavy atom. The van der Waals surface area contributed by atoms with Gasteiger partial charge in [-0.3, -0.25) is 4.98 Å². The Labute approximate surface area is 115 Å². The number of nitrogens with zero attached hydrogens (tertiary/aromatic N) is 1. The Bertz CT molecular complexity index is 606. The van der Waals surface area contributed by atoms with E-state index in [1.165, 1.54) is 6.07 Å². The van der Waals surface area contributed by atoms with Gasteiger partial charge in [-0.2, -0.15) is 13.2 Å². The van der Waals surface area contributed by atoms with Crippen LogP contribution in [0, 0.1) is 13.8 Å². The van der Waals surface area contributed by atoms with E-state index in [0.717, 1.165) is 29.1 Å². The highest BCUT2D eigenvalue weighted by Gasteiger charge is 2.30. The number of halogens is 3. The first kappa shape index (κ1) is 14.4. The molecule has 2 aromatic rings. The van der Waals surface area contributed by atoms with Gasteiger partial charge in [0.15, 0.2) is 0 Å². The standard InChI is InChI=1S/C15H15F3N2/c1-10-6-7-12(15(16,17)18)8-14(10)19-9-13-5-3-4-11(2)20-13/h3-8,19H,9H2,1-2H3. The summed E-state index contributed by atoms with van der Waals surface area (Å²) in [6.45, 7) is 4.04. The minimum Gasteiger partial charge on any atom is -0.379 e. The van der Waals surface area contributed by atoms with Crippen molar-refractivity contribution >= 4 is 5.69 Å². The van der Waals surface area contributed by atoms with Crippen molar-refractivity contribution in [1.29, 1.82) is 0 Å². The molecular weight excluding hydrogens is 265 g/mol. The van der Waals surface area contributed by atoms with Crippen LogP contribution in [0.4, 0.5) is 18.9 Å². The molecule has 0 bridgehead atoms. The molecule has 1 heterocycles. The lowest BCUT2D eigenvalue weighted by molar-refractivity contribution is -0.137. The fourth-order valence-electron chi connectivity index (χ4n) is 1.87. The van der Waals surface area contributed by atoms with E-state index in [1.54, 1.807) is 6.92 Å². The highest BCUT2D eigenvalue weighted by molar-refractivity contribution is 5.53. The van der Waals surface area contributed by atoms with Gasteiger partial charge in [-0.1, -0.05) is 12.1 Å². The van der Waals surface area contributed by atoms with Gasteiger partial charge >= 0.3 is 6.18 Å². The number of nitrogens with one attached hydrogen (secondary N) is 1. The summed E-state index contributed by atoms with van der Waals surface area (Å²) in [5, 5.41) is 3.01. The molecule has 5 heteroatoms. The molecule has 0 unspecified atom stereocenters. The molecule has 0 radical (unpaired) electrons. The molecule has 1 aromatic carbocycles. The molecule has 0 fully saturated rings. The van der Waals surface area contributed by atoms with Gasteiger partial charge in [0.1, 0.15) is 0 Å². The highest BCUT2D eigenvalue weighted by atomic mass is 19.4. The van der Waals surface area contributed by atoms with Gasteiger partial charge in [0.25, 0.3) is 0 Å². The van der Waals surface area contributed by atoms with Crippen LogP contribution >= 0.6 is 0 Å². The number of anilines is 1. The maximum absolute atomic E-state index is 12.7. The minimum absolute atomic E-state index is 0.393. The summed E-state index contributed by atoms with van der Waals surface area (Å²) in [6, 6.07) is 9.27. The average Bonchev–Trinajstić information content (AvgIpc) is 2.36. The Morgan fingerprint density at radius 3 is 2.50 bits per heavy atom. The van der Waals surface area contributed by atoms with Crippen molar-refractivity contribution in [2.45, 2.75) is 26.6 Å². The zero-order chi connectivity index (χ0) is 14.8. The summed E-state index contributed by atoms with van der Waals surface area (Å²) in [5.41, 5.74) is 2.27. The van der Waals surface area contributed by atoms with E-state index in [0.29, 0.717) is 12.2 Å². The van der Waals surface area contributed by atoms with Crippen molar-refractivity contribution in [2.24, 2.45) is 0 Å². The van der Waals surface area contributed by atoms with Gasteiger partial charge in [0, 0.05) is 11.4 Å². The summed E-state index contributed by atoms with van der Waals surface area (Å²) < 4.78 is 38.0. The maximum Gasteiger partial charge on any atom is 0.416 e. The van der Waals surface area contributed by atoms with Crippen LogP contribution in [0.5, 0.6) is 0 Å². The molecule has 0 atom stereocenters. The first-order chi connectivity index (χ1) is 9.36. The predicted molar refractivity (Wildman–Crippen MR) is 72.5 cm³/mol. The van der Waals surface area contributed by atoms with Crippen molar-refractivity contribution < 1.29 is 13.2 Å². The lowest BCUT2D eigenvalue weighted by atomic mass is 10.1. The van der Waals surface area contributed by atoms with E-state index in [4.69, 9.17) is 0 Å². The molecule has 2 nitrogen and oxygen atoms in total. The third kappa shape index (κ3) is 3.50. The van der Waals surface area contributed by atoms with Crippen LogP contribution in [0.3, 0.4) is 0 Å². The monoisotopic (exact) mass is 280 g/mol. The third-order valence-electron chi connectivity index (χ3n) is 2.97. The molecule has 1 aromatic heterocycles. The lowest BCUT2D eigenvalue weighted by Crippen LogP contribution is -2.08. The molecule has 0 aliphatic heterocycles. The predicted octanol–water partition coefficient (Wildman–Crippen LogP) is 4.33. The molecule has 0 saturated heterocycles. The van der Waals surface area contributed by atoms with E-state index in [2.05, 4.69) is 10.3 Å². The van der Waals surface area contributed by atoms with Crippen LogP contribution < -0.4 is 5.32 Å². The molecular formula is C15H15F3N2. The van der Waals surface area contributed by atoms with Crippen molar-refractivity contribution in [3.63, 3.8) is 0 Å². The smallest absolute Gasteiger partial charge is 0.379 e. The molecule has 0 saturated carbocycles. The number of hydrogen-bond acceptors (Lipinski definition) is 2. The Kier molecular flexibility index (Phi) is 3.97. The molecule has 0 spiro atoms. The number of aromatic nitrogens is 1. The number of aryl methyl sites for hydroxylation is 2. The first-order valence-electron chi connectivity index (χ1n) is 6.20. The summed E-state index contributed by atoms with van der Waals surface area (Å²) in [6.07, 6.45) is -4.33. The molecule has 0 aliphatic carbocycles. The second kappa shape index (κ2) is 5.53. The number of benzene rings is 1. The number of pyridine rings is 1. The van der Waals surface area contributed by atoms with Crippen LogP contribution in [0.25, 0.3) is 0 Å². The lowest BCUT2D eigenvalue weighted by Gasteiger charge is -2.13. The average molecular weight is 280 g/mol. The van der Waals surface area contributed by atoms with Crippen LogP contribution in [-0.4, -0.2) is 4.98 Å². The van der Waals surface area contributed by atoms with E-state index < -0.39 is 11.7 Å². The van der Waals surface area contributed by atoms with E-state index >= 15 is 0 Å². The summed E-state index contributed by atoms with van der Waals surface area (Å²) >= 11 is 0. The van der Waals surface area contributed by atoms with Crippen molar-refractivity contribution in [3.8, 4) is 0 Å². The summed E-state index contributed by atoms with van der Waals surface area (Å²) in [5.74, 6) is 0. The molecule has 0 aliphatic rings. The van der Waals surface area contributed by atoms with E-state index in [1.807, 2.05) is 25.1 Å². The normalized spacial score (nSPS) is 11.4.